The summed E-state index contributed by atoms with van der Waals surface area (Å²) in [5, 5.41) is 2.96. The molecule has 0 saturated carbocycles. The average molecular weight is 387 g/mol. The summed E-state index contributed by atoms with van der Waals surface area (Å²) in [6.45, 7) is 2.73. The zero-order valence-electron chi connectivity index (χ0n) is 16.4. The number of ether oxygens (including phenoxy) is 1. The van der Waals surface area contributed by atoms with Crippen LogP contribution in [0, 0.1) is 0 Å². The van der Waals surface area contributed by atoms with Crippen molar-refractivity contribution in [2.24, 2.45) is 0 Å². The Morgan fingerprint density at radius 1 is 0.966 bits per heavy atom. The monoisotopic (exact) mass is 387 g/mol. The van der Waals surface area contributed by atoms with Crippen molar-refractivity contribution >= 4 is 11.7 Å². The fraction of sp³-hybridized carbons (Fsp3) is 0.250. The van der Waals surface area contributed by atoms with Gasteiger partial charge in [-0.3, -0.25) is 4.79 Å². The Labute approximate surface area is 171 Å². The number of pyridine rings is 1. The summed E-state index contributed by atoms with van der Waals surface area (Å²) in [7, 11) is 0. The van der Waals surface area contributed by atoms with E-state index in [0.29, 0.717) is 18.7 Å². The van der Waals surface area contributed by atoms with Crippen LogP contribution in [0.5, 0.6) is 5.75 Å². The summed E-state index contributed by atoms with van der Waals surface area (Å²) >= 11 is 0. The summed E-state index contributed by atoms with van der Waals surface area (Å²) < 4.78 is 5.97. The van der Waals surface area contributed by atoms with Crippen LogP contribution in [-0.2, 0) is 0 Å². The van der Waals surface area contributed by atoms with E-state index in [1.165, 1.54) is 0 Å². The van der Waals surface area contributed by atoms with Crippen LogP contribution in [0.15, 0.2) is 72.9 Å². The zero-order valence-corrected chi connectivity index (χ0v) is 16.4. The molecular formula is C24H25N3O2. The van der Waals surface area contributed by atoms with Gasteiger partial charge in [-0.2, -0.15) is 0 Å². The highest BCUT2D eigenvalue weighted by atomic mass is 16.5. The number of anilines is 1. The molecule has 29 heavy (non-hydrogen) atoms. The van der Waals surface area contributed by atoms with Gasteiger partial charge in [0.05, 0.1) is 12.1 Å². The Bertz CT molecular complexity index is 953. The SMILES string of the molecule is O=C(NCCOc1ccccc1-c1ccccc1)c1cccnc1N1CCCC1. The first-order valence-electron chi connectivity index (χ1n) is 10.1. The lowest BCUT2D eigenvalue weighted by molar-refractivity contribution is 0.0947. The molecular weight excluding hydrogens is 362 g/mol. The van der Waals surface area contributed by atoms with Crippen molar-refractivity contribution in [3.05, 3.63) is 78.5 Å². The van der Waals surface area contributed by atoms with Gasteiger partial charge in [0, 0.05) is 24.8 Å². The zero-order chi connectivity index (χ0) is 19.9. The van der Waals surface area contributed by atoms with Crippen LogP contribution in [0.4, 0.5) is 5.82 Å². The Morgan fingerprint density at radius 2 is 1.72 bits per heavy atom. The molecule has 5 nitrogen and oxygen atoms in total. The lowest BCUT2D eigenvalue weighted by Gasteiger charge is -2.19. The third kappa shape index (κ3) is 4.57. The van der Waals surface area contributed by atoms with Crippen molar-refractivity contribution in [2.75, 3.05) is 31.1 Å². The van der Waals surface area contributed by atoms with Crippen LogP contribution in [0.25, 0.3) is 11.1 Å². The van der Waals surface area contributed by atoms with Crippen LogP contribution >= 0.6 is 0 Å². The number of nitrogens with one attached hydrogen (secondary N) is 1. The maximum Gasteiger partial charge on any atom is 0.255 e. The second-order valence-corrected chi connectivity index (χ2v) is 7.04. The molecule has 1 amide bonds. The van der Waals surface area contributed by atoms with Crippen LogP contribution in [0.3, 0.4) is 0 Å². The molecule has 4 rings (SSSR count). The number of amides is 1. The fourth-order valence-corrected chi connectivity index (χ4v) is 3.62. The summed E-state index contributed by atoms with van der Waals surface area (Å²) in [5.41, 5.74) is 2.78. The Balaban J connectivity index is 1.36. The number of hydrogen-bond donors (Lipinski definition) is 1. The van der Waals surface area contributed by atoms with E-state index in [2.05, 4.69) is 27.3 Å². The number of nitrogens with zero attached hydrogens (tertiary/aromatic N) is 2. The number of rotatable bonds is 7. The minimum atomic E-state index is -0.111. The van der Waals surface area contributed by atoms with Gasteiger partial charge in [0.2, 0.25) is 0 Å². The van der Waals surface area contributed by atoms with E-state index < -0.39 is 0 Å². The summed E-state index contributed by atoms with van der Waals surface area (Å²) in [6, 6.07) is 21.7. The highest BCUT2D eigenvalue weighted by molar-refractivity contribution is 5.98. The second-order valence-electron chi connectivity index (χ2n) is 7.04. The largest absolute Gasteiger partial charge is 0.491 e. The summed E-state index contributed by atoms with van der Waals surface area (Å²) in [4.78, 5) is 19.3. The fourth-order valence-electron chi connectivity index (χ4n) is 3.62. The highest BCUT2D eigenvalue weighted by Crippen LogP contribution is 2.29. The first-order chi connectivity index (χ1) is 14.3. The highest BCUT2D eigenvalue weighted by Gasteiger charge is 2.20. The van der Waals surface area contributed by atoms with Crippen LogP contribution in [0.1, 0.15) is 23.2 Å². The summed E-state index contributed by atoms with van der Waals surface area (Å²) in [5.74, 6) is 1.48. The van der Waals surface area contributed by atoms with Gasteiger partial charge in [-0.05, 0) is 36.6 Å². The van der Waals surface area contributed by atoms with E-state index in [4.69, 9.17) is 4.74 Å². The van der Waals surface area contributed by atoms with E-state index in [9.17, 15) is 4.79 Å². The third-order valence-corrected chi connectivity index (χ3v) is 5.05. The van der Waals surface area contributed by atoms with E-state index in [-0.39, 0.29) is 5.91 Å². The molecule has 1 saturated heterocycles. The Morgan fingerprint density at radius 3 is 2.55 bits per heavy atom. The second kappa shape index (κ2) is 9.24. The number of carbonyl (C=O) groups excluding carboxylic acids is 1. The molecule has 0 unspecified atom stereocenters. The number of carbonyl (C=O) groups is 1. The van der Waals surface area contributed by atoms with Gasteiger partial charge >= 0.3 is 0 Å². The lowest BCUT2D eigenvalue weighted by atomic mass is 10.1. The molecule has 5 heteroatoms. The molecule has 2 heterocycles. The topological polar surface area (TPSA) is 54.5 Å². The third-order valence-electron chi connectivity index (χ3n) is 5.05. The van der Waals surface area contributed by atoms with Crippen LogP contribution < -0.4 is 15.0 Å². The average Bonchev–Trinajstić information content (AvgIpc) is 3.32. The van der Waals surface area contributed by atoms with E-state index >= 15 is 0 Å². The first kappa shape index (κ1) is 19.0. The van der Waals surface area contributed by atoms with E-state index in [1.54, 1.807) is 12.3 Å². The van der Waals surface area contributed by atoms with Gasteiger partial charge in [0.15, 0.2) is 0 Å². The molecule has 0 atom stereocenters. The van der Waals surface area contributed by atoms with Crippen molar-refractivity contribution in [3.63, 3.8) is 0 Å². The van der Waals surface area contributed by atoms with Gasteiger partial charge < -0.3 is 15.0 Å². The molecule has 2 aromatic carbocycles. The number of aromatic nitrogens is 1. The number of hydrogen-bond acceptors (Lipinski definition) is 4. The molecule has 0 aliphatic carbocycles. The lowest BCUT2D eigenvalue weighted by Crippen LogP contribution is -2.31. The van der Waals surface area contributed by atoms with Gasteiger partial charge in [-0.15, -0.1) is 0 Å². The number of benzene rings is 2. The molecule has 1 aliphatic heterocycles. The summed E-state index contributed by atoms with van der Waals surface area (Å²) in [6.07, 6.45) is 4.03. The molecule has 3 aromatic rings. The molecule has 1 fully saturated rings. The number of para-hydroxylation sites is 1. The Kier molecular flexibility index (Phi) is 6.05. The molecule has 1 aliphatic rings. The predicted octanol–water partition coefficient (Wildman–Crippen LogP) is 4.16. The maximum atomic E-state index is 12.7. The van der Waals surface area contributed by atoms with Gasteiger partial charge in [-0.25, -0.2) is 4.98 Å². The van der Waals surface area contributed by atoms with Crippen LogP contribution in [-0.4, -0.2) is 37.1 Å². The normalized spacial score (nSPS) is 13.3. The molecule has 0 bridgehead atoms. The maximum absolute atomic E-state index is 12.7. The molecule has 1 N–H and O–H groups in total. The smallest absolute Gasteiger partial charge is 0.255 e. The van der Waals surface area contributed by atoms with Gasteiger partial charge in [-0.1, -0.05) is 48.5 Å². The van der Waals surface area contributed by atoms with E-state index in [1.807, 2.05) is 48.5 Å². The van der Waals surface area contributed by atoms with Gasteiger partial charge in [0.25, 0.3) is 5.91 Å². The van der Waals surface area contributed by atoms with Crippen molar-refractivity contribution in [3.8, 4) is 16.9 Å². The van der Waals surface area contributed by atoms with Crippen molar-refractivity contribution in [1.29, 1.82) is 0 Å². The van der Waals surface area contributed by atoms with Gasteiger partial charge in [0.1, 0.15) is 18.2 Å². The minimum absolute atomic E-state index is 0.111. The minimum Gasteiger partial charge on any atom is -0.491 e. The Hall–Kier alpha value is -3.34. The van der Waals surface area contributed by atoms with E-state index in [0.717, 1.165) is 48.6 Å². The predicted molar refractivity (Wildman–Crippen MR) is 115 cm³/mol. The molecule has 1 aromatic heterocycles. The molecule has 0 spiro atoms. The van der Waals surface area contributed by atoms with Crippen molar-refractivity contribution in [1.82, 2.24) is 10.3 Å². The first-order valence-corrected chi connectivity index (χ1v) is 10.1. The molecule has 148 valence electrons. The quantitative estimate of drug-likeness (QED) is 0.619. The van der Waals surface area contributed by atoms with Crippen molar-refractivity contribution < 1.29 is 9.53 Å². The van der Waals surface area contributed by atoms with Crippen molar-refractivity contribution in [2.45, 2.75) is 12.8 Å². The van der Waals surface area contributed by atoms with Crippen LogP contribution in [0.2, 0.25) is 0 Å². The molecule has 0 radical (unpaired) electrons. The standard InChI is InChI=1S/C24H25N3O2/c28-24(21-12-8-14-25-23(21)27-16-6-7-17-27)26-15-18-29-22-13-5-4-11-20(22)19-9-2-1-3-10-19/h1-5,8-14H,6-7,15-18H2,(H,26,28).